The van der Waals surface area contributed by atoms with Crippen LogP contribution in [0.4, 0.5) is 0 Å². The zero-order chi connectivity index (χ0) is 17.4. The molecule has 25 heavy (non-hydrogen) atoms. The zero-order valence-electron chi connectivity index (χ0n) is 15.0. The summed E-state index contributed by atoms with van der Waals surface area (Å²) in [6.45, 7) is 0.732. The Bertz CT molecular complexity index is 662. The van der Waals surface area contributed by atoms with E-state index in [0.29, 0.717) is 0 Å². The van der Waals surface area contributed by atoms with Gasteiger partial charge in [0.15, 0.2) is 0 Å². The van der Waals surface area contributed by atoms with Gasteiger partial charge in [-0.2, -0.15) is 5.10 Å². The molecule has 2 atom stereocenters. The number of nitrogens with zero attached hydrogens (tertiary/aromatic N) is 3. The van der Waals surface area contributed by atoms with Crippen LogP contribution in [0.25, 0.3) is 0 Å². The summed E-state index contributed by atoms with van der Waals surface area (Å²) in [4.78, 5) is 27.6. The summed E-state index contributed by atoms with van der Waals surface area (Å²) in [7, 11) is 1.96. The first-order valence-electron chi connectivity index (χ1n) is 9.77. The zero-order valence-corrected chi connectivity index (χ0v) is 15.0. The molecule has 0 aromatic carbocycles. The van der Waals surface area contributed by atoms with Crippen LogP contribution < -0.4 is 5.32 Å². The summed E-state index contributed by atoms with van der Waals surface area (Å²) < 4.78 is 1.92. The number of rotatable bonds is 3. The number of aromatic nitrogens is 2. The minimum Gasteiger partial charge on any atom is -0.347 e. The van der Waals surface area contributed by atoms with Gasteiger partial charge in [-0.1, -0.05) is 12.8 Å². The molecule has 2 heterocycles. The molecule has 2 amide bonds. The van der Waals surface area contributed by atoms with E-state index in [1.54, 1.807) is 0 Å². The fourth-order valence-electron chi connectivity index (χ4n) is 4.83. The van der Waals surface area contributed by atoms with E-state index >= 15 is 0 Å². The molecule has 4 rings (SSSR count). The normalized spacial score (nSPS) is 26.7. The fourth-order valence-corrected chi connectivity index (χ4v) is 4.83. The van der Waals surface area contributed by atoms with Gasteiger partial charge < -0.3 is 10.2 Å². The summed E-state index contributed by atoms with van der Waals surface area (Å²) in [6.07, 6.45) is 10.9. The Hall–Kier alpha value is -1.85. The molecule has 0 spiro atoms. The Labute approximate surface area is 148 Å². The van der Waals surface area contributed by atoms with E-state index in [-0.39, 0.29) is 29.8 Å². The molecule has 0 bridgehead atoms. The summed E-state index contributed by atoms with van der Waals surface area (Å²) in [6, 6.07) is -0.246. The van der Waals surface area contributed by atoms with Crippen molar-refractivity contribution in [3.8, 4) is 0 Å². The first-order chi connectivity index (χ1) is 12.1. The largest absolute Gasteiger partial charge is 0.347 e. The van der Waals surface area contributed by atoms with Crippen molar-refractivity contribution in [3.05, 3.63) is 17.5 Å². The molecule has 1 N–H and O–H groups in total. The number of carbonyl (C=O) groups is 2. The van der Waals surface area contributed by atoms with E-state index < -0.39 is 0 Å². The predicted molar refractivity (Wildman–Crippen MR) is 93.7 cm³/mol. The van der Waals surface area contributed by atoms with Crippen molar-refractivity contribution in [1.29, 1.82) is 0 Å². The summed E-state index contributed by atoms with van der Waals surface area (Å²) in [5.41, 5.74) is 2.37. The minimum absolute atomic E-state index is 0.0190. The van der Waals surface area contributed by atoms with Gasteiger partial charge in [0.05, 0.1) is 12.2 Å². The van der Waals surface area contributed by atoms with Crippen LogP contribution in [0.3, 0.4) is 0 Å². The average molecular weight is 344 g/mol. The molecular formula is C19H28N4O2. The molecule has 2 fully saturated rings. The van der Waals surface area contributed by atoms with Gasteiger partial charge in [-0.3, -0.25) is 14.3 Å². The molecule has 1 aromatic heterocycles. The molecule has 0 radical (unpaired) electrons. The van der Waals surface area contributed by atoms with Crippen molar-refractivity contribution in [2.75, 3.05) is 6.54 Å². The molecule has 2 aliphatic carbocycles. The van der Waals surface area contributed by atoms with Crippen molar-refractivity contribution < 1.29 is 9.59 Å². The number of hydrogen-bond donors (Lipinski definition) is 1. The summed E-state index contributed by atoms with van der Waals surface area (Å²) in [5.74, 6) is 0.374. The monoisotopic (exact) mass is 344 g/mol. The van der Waals surface area contributed by atoms with Gasteiger partial charge in [-0.25, -0.2) is 0 Å². The van der Waals surface area contributed by atoms with Crippen molar-refractivity contribution in [2.45, 2.75) is 69.9 Å². The highest BCUT2D eigenvalue weighted by atomic mass is 16.2. The summed E-state index contributed by atoms with van der Waals surface area (Å²) >= 11 is 0. The lowest BCUT2D eigenvalue weighted by Gasteiger charge is -2.29. The van der Waals surface area contributed by atoms with Gasteiger partial charge in [-0.05, 0) is 44.9 Å². The standard InChI is InChI=1S/C19H28N4O2/c1-22-16-9-4-8-15(14(16)12-20-22)21-18(24)17-10-5-11-23(17)19(25)13-6-2-3-7-13/h12-13,15,17H,2-11H2,1H3,(H,21,24)/t15-,17-/m1/s1. The SMILES string of the molecule is Cn1ncc2c1CCC[C@H]2NC(=O)[C@H]1CCCN1C(=O)C1CCCC1. The van der Waals surface area contributed by atoms with E-state index in [2.05, 4.69) is 10.4 Å². The highest BCUT2D eigenvalue weighted by Crippen LogP contribution is 2.32. The fraction of sp³-hybridized carbons (Fsp3) is 0.737. The van der Waals surface area contributed by atoms with E-state index in [1.807, 2.05) is 22.8 Å². The van der Waals surface area contributed by atoms with Crippen LogP contribution in [0.2, 0.25) is 0 Å². The van der Waals surface area contributed by atoms with Crippen molar-refractivity contribution in [2.24, 2.45) is 13.0 Å². The molecule has 6 nitrogen and oxygen atoms in total. The Kier molecular flexibility index (Phi) is 4.52. The highest BCUT2D eigenvalue weighted by molar-refractivity contribution is 5.89. The molecule has 3 aliphatic rings. The third-order valence-corrected chi connectivity index (χ3v) is 6.24. The third-order valence-electron chi connectivity index (χ3n) is 6.24. The number of aryl methyl sites for hydroxylation is 1. The van der Waals surface area contributed by atoms with Crippen LogP contribution >= 0.6 is 0 Å². The highest BCUT2D eigenvalue weighted by Gasteiger charge is 2.38. The average Bonchev–Trinajstić information content (AvgIpc) is 3.36. The Morgan fingerprint density at radius 1 is 1.12 bits per heavy atom. The molecular weight excluding hydrogens is 316 g/mol. The molecule has 0 unspecified atom stereocenters. The van der Waals surface area contributed by atoms with E-state index in [9.17, 15) is 9.59 Å². The maximum absolute atomic E-state index is 12.9. The van der Waals surface area contributed by atoms with Gasteiger partial charge in [0, 0.05) is 30.8 Å². The summed E-state index contributed by atoms with van der Waals surface area (Å²) in [5, 5.41) is 7.57. The predicted octanol–water partition coefficient (Wildman–Crippen LogP) is 2.09. The van der Waals surface area contributed by atoms with E-state index in [4.69, 9.17) is 0 Å². The van der Waals surface area contributed by atoms with Crippen molar-refractivity contribution in [1.82, 2.24) is 20.0 Å². The molecule has 1 aromatic rings. The van der Waals surface area contributed by atoms with Crippen LogP contribution in [0.15, 0.2) is 6.20 Å². The second-order valence-corrected chi connectivity index (χ2v) is 7.79. The van der Waals surface area contributed by atoms with E-state index in [1.165, 1.54) is 5.69 Å². The van der Waals surface area contributed by atoms with Gasteiger partial charge >= 0.3 is 0 Å². The van der Waals surface area contributed by atoms with Crippen LogP contribution in [-0.4, -0.2) is 39.1 Å². The molecule has 136 valence electrons. The number of carbonyl (C=O) groups excluding carboxylic acids is 2. The Balaban J connectivity index is 1.44. The topological polar surface area (TPSA) is 67.2 Å². The smallest absolute Gasteiger partial charge is 0.243 e. The van der Waals surface area contributed by atoms with Gasteiger partial charge in [0.25, 0.3) is 0 Å². The second-order valence-electron chi connectivity index (χ2n) is 7.79. The molecule has 1 aliphatic heterocycles. The second kappa shape index (κ2) is 6.81. The molecule has 1 saturated carbocycles. The van der Waals surface area contributed by atoms with Gasteiger partial charge in [0.1, 0.15) is 6.04 Å². The molecule has 6 heteroatoms. The maximum Gasteiger partial charge on any atom is 0.243 e. The number of hydrogen-bond acceptors (Lipinski definition) is 3. The van der Waals surface area contributed by atoms with Gasteiger partial charge in [0.2, 0.25) is 11.8 Å². The quantitative estimate of drug-likeness (QED) is 0.913. The lowest BCUT2D eigenvalue weighted by Crippen LogP contribution is -2.48. The van der Waals surface area contributed by atoms with Crippen LogP contribution in [0.1, 0.15) is 68.7 Å². The lowest BCUT2D eigenvalue weighted by molar-refractivity contribution is -0.141. The first-order valence-corrected chi connectivity index (χ1v) is 9.77. The van der Waals surface area contributed by atoms with E-state index in [0.717, 1.165) is 69.9 Å². The van der Waals surface area contributed by atoms with Crippen LogP contribution in [0.5, 0.6) is 0 Å². The number of nitrogens with one attached hydrogen (secondary N) is 1. The van der Waals surface area contributed by atoms with Crippen LogP contribution in [0, 0.1) is 5.92 Å². The lowest BCUT2D eigenvalue weighted by atomic mass is 9.92. The van der Waals surface area contributed by atoms with Gasteiger partial charge in [-0.15, -0.1) is 0 Å². The number of amides is 2. The Morgan fingerprint density at radius 3 is 2.72 bits per heavy atom. The van der Waals surface area contributed by atoms with Crippen molar-refractivity contribution >= 4 is 11.8 Å². The maximum atomic E-state index is 12.9. The minimum atomic E-state index is -0.282. The van der Waals surface area contributed by atoms with Crippen molar-refractivity contribution in [3.63, 3.8) is 0 Å². The number of fused-ring (bicyclic) bond motifs is 1. The third kappa shape index (κ3) is 3.07. The first kappa shape index (κ1) is 16.6. The number of likely N-dealkylation sites (tertiary alicyclic amines) is 1. The molecule has 1 saturated heterocycles. The Morgan fingerprint density at radius 2 is 1.92 bits per heavy atom. The van der Waals surface area contributed by atoms with Crippen LogP contribution in [-0.2, 0) is 23.1 Å².